The molecule has 0 unspecified atom stereocenters. The van der Waals surface area contributed by atoms with E-state index in [4.69, 9.17) is 5.73 Å². The quantitative estimate of drug-likeness (QED) is 0.461. The molecule has 0 aromatic heterocycles. The van der Waals surface area contributed by atoms with Gasteiger partial charge in [-0.2, -0.15) is 0 Å². The van der Waals surface area contributed by atoms with Gasteiger partial charge in [-0.05, 0) is 58.5 Å². The number of anilines is 1. The molecule has 0 bridgehead atoms. The summed E-state index contributed by atoms with van der Waals surface area (Å²) in [5.74, 6) is -0.615. The third kappa shape index (κ3) is 3.97. The monoisotopic (exact) mass is 410 g/mol. The van der Waals surface area contributed by atoms with E-state index in [2.05, 4.69) is 32.6 Å². The summed E-state index contributed by atoms with van der Waals surface area (Å²) in [5, 5.41) is 2.81. The van der Waals surface area contributed by atoms with Crippen molar-refractivity contribution in [2.24, 2.45) is 0 Å². The molecule has 2 rings (SSSR count). The number of halogens is 1. The van der Waals surface area contributed by atoms with E-state index in [0.717, 1.165) is 9.13 Å². The van der Waals surface area contributed by atoms with E-state index in [-0.39, 0.29) is 11.9 Å². The number of nitrogens with two attached hydrogens (primary N) is 1. The van der Waals surface area contributed by atoms with Crippen molar-refractivity contribution >= 4 is 40.2 Å². The normalized spacial score (nSPS) is 10.1. The molecular weight excluding hydrogens is 395 g/mol. The number of esters is 1. The maximum Gasteiger partial charge on any atom is 0.337 e. The van der Waals surface area contributed by atoms with Crippen molar-refractivity contribution in [3.05, 3.63) is 62.7 Å². The van der Waals surface area contributed by atoms with Crippen LogP contribution in [0.1, 0.15) is 26.3 Å². The first-order valence-corrected chi connectivity index (χ1v) is 7.59. The van der Waals surface area contributed by atoms with Gasteiger partial charge in [0.2, 0.25) is 0 Å². The number of methoxy groups -OCH3 is 1. The Kier molecular flexibility index (Phi) is 5.37. The maximum absolute atomic E-state index is 12.1. The highest BCUT2D eigenvalue weighted by molar-refractivity contribution is 14.1. The van der Waals surface area contributed by atoms with Crippen LogP contribution in [-0.2, 0) is 11.3 Å². The number of rotatable bonds is 4. The molecule has 0 spiro atoms. The van der Waals surface area contributed by atoms with Gasteiger partial charge in [0.25, 0.3) is 5.91 Å². The van der Waals surface area contributed by atoms with E-state index < -0.39 is 0 Å². The Balaban J connectivity index is 2.02. The Hall–Kier alpha value is -2.09. The minimum absolute atomic E-state index is 0.229. The van der Waals surface area contributed by atoms with Crippen molar-refractivity contribution in [1.82, 2.24) is 5.32 Å². The van der Waals surface area contributed by atoms with Crippen molar-refractivity contribution in [3.8, 4) is 0 Å². The maximum atomic E-state index is 12.1. The number of carbonyl (C=O) groups is 2. The second kappa shape index (κ2) is 7.26. The van der Waals surface area contributed by atoms with Gasteiger partial charge in [0.1, 0.15) is 0 Å². The fraction of sp³-hybridized carbons (Fsp3) is 0.125. The molecule has 1 amide bonds. The Bertz CT molecular complexity index is 699. The molecule has 6 heteroatoms. The molecule has 3 N–H and O–H groups in total. The summed E-state index contributed by atoms with van der Waals surface area (Å²) in [6.45, 7) is 0.352. The number of ether oxygens (including phenoxy) is 1. The molecule has 0 aliphatic rings. The van der Waals surface area contributed by atoms with Gasteiger partial charge >= 0.3 is 5.97 Å². The first-order valence-electron chi connectivity index (χ1n) is 6.51. The van der Waals surface area contributed by atoms with Crippen LogP contribution in [-0.4, -0.2) is 19.0 Å². The van der Waals surface area contributed by atoms with Crippen LogP contribution in [0.15, 0.2) is 42.5 Å². The molecule has 2 aromatic rings. The zero-order valence-corrected chi connectivity index (χ0v) is 14.1. The molecule has 0 saturated heterocycles. The highest BCUT2D eigenvalue weighted by atomic mass is 127. The molecule has 5 nitrogen and oxygen atoms in total. The highest BCUT2D eigenvalue weighted by Gasteiger charge is 2.10. The van der Waals surface area contributed by atoms with Crippen LogP contribution >= 0.6 is 22.6 Å². The SMILES string of the molecule is COC(=O)c1ccc(CNC(=O)c2cc(I)ccc2N)cc1. The molecule has 0 aliphatic heterocycles. The van der Waals surface area contributed by atoms with Crippen molar-refractivity contribution in [2.75, 3.05) is 12.8 Å². The summed E-state index contributed by atoms with van der Waals surface area (Å²) in [7, 11) is 1.34. The number of hydrogen-bond acceptors (Lipinski definition) is 4. The molecule has 0 atom stereocenters. The summed E-state index contributed by atoms with van der Waals surface area (Å²) >= 11 is 2.13. The predicted octanol–water partition coefficient (Wildman–Crippen LogP) is 2.59. The Morgan fingerprint density at radius 1 is 1.18 bits per heavy atom. The first kappa shape index (κ1) is 16.3. The van der Waals surface area contributed by atoms with Crippen LogP contribution in [0, 0.1) is 3.57 Å². The van der Waals surface area contributed by atoms with Crippen LogP contribution in [0.25, 0.3) is 0 Å². The first-order chi connectivity index (χ1) is 10.5. The fourth-order valence-electron chi connectivity index (χ4n) is 1.88. The topological polar surface area (TPSA) is 81.4 Å². The summed E-state index contributed by atoms with van der Waals surface area (Å²) in [6.07, 6.45) is 0. The molecule has 22 heavy (non-hydrogen) atoms. The fourth-order valence-corrected chi connectivity index (χ4v) is 2.37. The minimum atomic E-state index is -0.387. The van der Waals surface area contributed by atoms with E-state index in [1.165, 1.54) is 7.11 Å². The van der Waals surface area contributed by atoms with Gasteiger partial charge < -0.3 is 15.8 Å². The van der Waals surface area contributed by atoms with Crippen molar-refractivity contribution in [2.45, 2.75) is 6.54 Å². The molecule has 2 aromatic carbocycles. The van der Waals surface area contributed by atoms with Crippen LogP contribution in [0.4, 0.5) is 5.69 Å². The number of nitrogen functional groups attached to an aromatic ring is 1. The zero-order chi connectivity index (χ0) is 16.1. The van der Waals surface area contributed by atoms with Crippen LogP contribution < -0.4 is 11.1 Å². The molecule has 0 heterocycles. The van der Waals surface area contributed by atoms with Crippen LogP contribution in [0.5, 0.6) is 0 Å². The lowest BCUT2D eigenvalue weighted by atomic mass is 10.1. The number of carbonyl (C=O) groups excluding carboxylic acids is 2. The largest absolute Gasteiger partial charge is 0.465 e. The lowest BCUT2D eigenvalue weighted by Crippen LogP contribution is -2.24. The third-order valence-corrected chi connectivity index (χ3v) is 3.76. The minimum Gasteiger partial charge on any atom is -0.465 e. The van der Waals surface area contributed by atoms with E-state index >= 15 is 0 Å². The number of benzene rings is 2. The number of nitrogens with one attached hydrogen (secondary N) is 1. The lowest BCUT2D eigenvalue weighted by molar-refractivity contribution is 0.0600. The summed E-state index contributed by atoms with van der Waals surface area (Å²) in [4.78, 5) is 23.5. The standard InChI is InChI=1S/C16H15IN2O3/c1-22-16(21)11-4-2-10(3-5-11)9-19-15(20)13-8-12(17)6-7-14(13)18/h2-8H,9,18H2,1H3,(H,19,20). The van der Waals surface area contributed by atoms with Gasteiger partial charge in [0.05, 0.1) is 18.2 Å². The van der Waals surface area contributed by atoms with Gasteiger partial charge in [0, 0.05) is 15.8 Å². The Morgan fingerprint density at radius 2 is 1.86 bits per heavy atom. The van der Waals surface area contributed by atoms with E-state index in [1.807, 2.05) is 6.07 Å². The molecule has 0 fully saturated rings. The molecule has 0 saturated carbocycles. The second-order valence-electron chi connectivity index (χ2n) is 4.60. The predicted molar refractivity (Wildman–Crippen MR) is 92.5 cm³/mol. The van der Waals surface area contributed by atoms with Gasteiger partial charge in [-0.1, -0.05) is 12.1 Å². The van der Waals surface area contributed by atoms with Crippen LogP contribution in [0.2, 0.25) is 0 Å². The van der Waals surface area contributed by atoms with Crippen molar-refractivity contribution in [3.63, 3.8) is 0 Å². The van der Waals surface area contributed by atoms with E-state index in [1.54, 1.807) is 36.4 Å². The third-order valence-electron chi connectivity index (χ3n) is 3.09. The molecule has 0 aliphatic carbocycles. The van der Waals surface area contributed by atoms with E-state index in [0.29, 0.717) is 23.4 Å². The second-order valence-corrected chi connectivity index (χ2v) is 5.85. The van der Waals surface area contributed by atoms with Gasteiger partial charge in [-0.25, -0.2) is 4.79 Å². The lowest BCUT2D eigenvalue weighted by Gasteiger charge is -2.08. The molecule has 0 radical (unpaired) electrons. The summed E-state index contributed by atoms with van der Waals surface area (Å²) < 4.78 is 5.58. The smallest absolute Gasteiger partial charge is 0.337 e. The van der Waals surface area contributed by atoms with Crippen molar-refractivity contribution in [1.29, 1.82) is 0 Å². The van der Waals surface area contributed by atoms with Gasteiger partial charge in [-0.3, -0.25) is 4.79 Å². The number of hydrogen-bond donors (Lipinski definition) is 2. The summed E-state index contributed by atoms with van der Waals surface area (Å²) in [6, 6.07) is 12.2. The van der Waals surface area contributed by atoms with Crippen molar-refractivity contribution < 1.29 is 14.3 Å². The van der Waals surface area contributed by atoms with E-state index in [9.17, 15) is 9.59 Å². The Labute approximate surface area is 142 Å². The Morgan fingerprint density at radius 3 is 2.50 bits per heavy atom. The zero-order valence-electron chi connectivity index (χ0n) is 11.9. The van der Waals surface area contributed by atoms with Crippen LogP contribution in [0.3, 0.4) is 0 Å². The average Bonchev–Trinajstić information content (AvgIpc) is 2.54. The van der Waals surface area contributed by atoms with Gasteiger partial charge in [0.15, 0.2) is 0 Å². The average molecular weight is 410 g/mol. The molecular formula is C16H15IN2O3. The summed E-state index contributed by atoms with van der Waals surface area (Å²) in [5.41, 5.74) is 8.06. The highest BCUT2D eigenvalue weighted by Crippen LogP contribution is 2.16. The molecule has 114 valence electrons. The number of amides is 1. The van der Waals surface area contributed by atoms with Gasteiger partial charge in [-0.15, -0.1) is 0 Å².